The Hall–Kier alpha value is -2.33. The van der Waals surface area contributed by atoms with Crippen LogP contribution in [0.15, 0.2) is 55.1 Å². The van der Waals surface area contributed by atoms with Crippen molar-refractivity contribution in [2.75, 3.05) is 43.1 Å². The average molecular weight is 694 g/mol. The molecule has 0 unspecified atom stereocenters. The summed E-state index contributed by atoms with van der Waals surface area (Å²) in [6.45, 7) is 8.33. The third kappa shape index (κ3) is 9.10. The molecular formula is C30H38Cl5N5O3. The van der Waals surface area contributed by atoms with Crippen molar-refractivity contribution in [3.63, 3.8) is 0 Å². The molecule has 0 N–H and O–H groups in total. The maximum absolute atomic E-state index is 13.1. The number of pyridine rings is 2. The third-order valence-corrected chi connectivity index (χ3v) is 7.85. The van der Waals surface area contributed by atoms with E-state index in [-0.39, 0.29) is 49.0 Å². The van der Waals surface area contributed by atoms with Gasteiger partial charge in [-0.2, -0.15) is 0 Å². The molecule has 4 rings (SSSR count). The van der Waals surface area contributed by atoms with Crippen LogP contribution in [0.4, 0.5) is 11.4 Å². The van der Waals surface area contributed by atoms with Crippen molar-refractivity contribution in [2.24, 2.45) is 5.41 Å². The number of fused-ring (bicyclic) bond motifs is 1. The third-order valence-electron chi connectivity index (χ3n) is 7.20. The summed E-state index contributed by atoms with van der Waals surface area (Å²) in [5.41, 5.74) is 2.21. The van der Waals surface area contributed by atoms with E-state index in [1.165, 1.54) is 0 Å². The van der Waals surface area contributed by atoms with Crippen LogP contribution in [-0.4, -0.2) is 60.0 Å². The van der Waals surface area contributed by atoms with Crippen LogP contribution < -0.4 is 14.5 Å². The number of carbonyl (C=O) groups is 2. The van der Waals surface area contributed by atoms with E-state index in [0.29, 0.717) is 46.9 Å². The lowest BCUT2D eigenvalue weighted by atomic mass is 9.90. The summed E-state index contributed by atoms with van der Waals surface area (Å²) in [5, 5.41) is 1.09. The van der Waals surface area contributed by atoms with Crippen molar-refractivity contribution in [1.82, 2.24) is 14.9 Å². The molecule has 0 bridgehead atoms. The van der Waals surface area contributed by atoms with E-state index >= 15 is 0 Å². The van der Waals surface area contributed by atoms with Gasteiger partial charge in [0.2, 0.25) is 11.8 Å². The van der Waals surface area contributed by atoms with Crippen LogP contribution in [-0.2, 0) is 22.6 Å². The molecule has 1 aliphatic rings. The van der Waals surface area contributed by atoms with Gasteiger partial charge in [0.25, 0.3) is 0 Å². The van der Waals surface area contributed by atoms with E-state index in [2.05, 4.69) is 20.9 Å². The fraction of sp³-hybridized carbons (Fsp3) is 0.400. The minimum atomic E-state index is -1.15. The second-order valence-electron chi connectivity index (χ2n) is 10.4. The van der Waals surface area contributed by atoms with Gasteiger partial charge in [-0.15, -0.1) is 37.2 Å². The van der Waals surface area contributed by atoms with Gasteiger partial charge in [0.1, 0.15) is 11.2 Å². The van der Waals surface area contributed by atoms with E-state index in [1.807, 2.05) is 37.4 Å². The van der Waals surface area contributed by atoms with Gasteiger partial charge in [-0.05, 0) is 57.4 Å². The van der Waals surface area contributed by atoms with Crippen molar-refractivity contribution in [3.8, 4) is 5.75 Å². The molecule has 2 amide bonds. The highest BCUT2D eigenvalue weighted by Gasteiger charge is 2.45. The van der Waals surface area contributed by atoms with Crippen LogP contribution >= 0.6 is 60.4 Å². The Morgan fingerprint density at radius 3 is 2.26 bits per heavy atom. The number of ether oxygens (including phenoxy) is 1. The maximum atomic E-state index is 13.1. The van der Waals surface area contributed by atoms with Gasteiger partial charge in [0, 0.05) is 69.6 Å². The predicted octanol–water partition coefficient (Wildman–Crippen LogP) is 6.92. The minimum absolute atomic E-state index is 0. The molecule has 0 fully saturated rings. The Labute approximate surface area is 282 Å². The number of hydrogen-bond donors (Lipinski definition) is 0. The first kappa shape index (κ1) is 38.7. The predicted molar refractivity (Wildman–Crippen MR) is 181 cm³/mol. The second-order valence-corrected chi connectivity index (χ2v) is 11.2. The zero-order valence-corrected chi connectivity index (χ0v) is 28.5. The molecule has 8 nitrogen and oxygen atoms in total. The molecule has 1 aromatic carbocycles. The molecule has 0 saturated heterocycles. The molecule has 236 valence electrons. The molecule has 13 heteroatoms. The zero-order valence-electron chi connectivity index (χ0n) is 24.6. The van der Waals surface area contributed by atoms with Crippen molar-refractivity contribution >= 4 is 83.6 Å². The number of benzene rings is 1. The molecule has 1 aliphatic heterocycles. The summed E-state index contributed by atoms with van der Waals surface area (Å²) in [4.78, 5) is 40.0. The molecule has 43 heavy (non-hydrogen) atoms. The van der Waals surface area contributed by atoms with E-state index in [0.717, 1.165) is 37.1 Å². The fourth-order valence-electron chi connectivity index (χ4n) is 4.86. The number of hydrogen-bond acceptors (Lipinski definition) is 6. The number of anilines is 2. The number of aromatic nitrogens is 2. The molecule has 2 aromatic heterocycles. The monoisotopic (exact) mass is 691 g/mol. The second kappa shape index (κ2) is 17.2. The topological polar surface area (TPSA) is 78.9 Å². The van der Waals surface area contributed by atoms with Crippen LogP contribution in [0.25, 0.3) is 0 Å². The Bertz CT molecular complexity index is 1340. The largest absolute Gasteiger partial charge is 0.493 e. The summed E-state index contributed by atoms with van der Waals surface area (Å²) in [6.07, 6.45) is 8.46. The van der Waals surface area contributed by atoms with Gasteiger partial charge in [-0.3, -0.25) is 24.5 Å². The molecule has 0 saturated carbocycles. The highest BCUT2D eigenvalue weighted by molar-refractivity contribution is 6.35. The lowest BCUT2D eigenvalue weighted by molar-refractivity contribution is -0.137. The first-order valence-corrected chi connectivity index (χ1v) is 14.1. The number of nitrogens with zero attached hydrogens (tertiary/aromatic N) is 5. The highest BCUT2D eigenvalue weighted by atomic mass is 35.5. The van der Waals surface area contributed by atoms with Crippen LogP contribution in [0, 0.1) is 5.41 Å². The Morgan fingerprint density at radius 1 is 0.930 bits per heavy atom. The minimum Gasteiger partial charge on any atom is -0.493 e. The summed E-state index contributed by atoms with van der Waals surface area (Å²) in [7, 11) is 1.70. The van der Waals surface area contributed by atoms with Gasteiger partial charge in [-0.25, -0.2) is 0 Å². The van der Waals surface area contributed by atoms with Crippen molar-refractivity contribution in [1.29, 1.82) is 0 Å². The number of amides is 2. The summed E-state index contributed by atoms with van der Waals surface area (Å²) in [5.74, 6) is 0.188. The Kier molecular flexibility index (Phi) is 15.5. The number of carbonyl (C=O) groups excluding carboxylic acids is 2. The first-order valence-electron chi connectivity index (χ1n) is 13.4. The lowest BCUT2D eigenvalue weighted by Gasteiger charge is -2.27. The van der Waals surface area contributed by atoms with Crippen molar-refractivity contribution < 1.29 is 14.3 Å². The van der Waals surface area contributed by atoms with Crippen LogP contribution in [0.1, 0.15) is 38.3 Å². The molecule has 0 spiro atoms. The Balaban J connectivity index is 0.00000308. The highest BCUT2D eigenvalue weighted by Crippen LogP contribution is 2.40. The maximum Gasteiger partial charge on any atom is 0.242 e. The van der Waals surface area contributed by atoms with Gasteiger partial charge < -0.3 is 14.5 Å². The van der Waals surface area contributed by atoms with E-state index in [1.54, 1.807) is 49.3 Å². The van der Waals surface area contributed by atoms with E-state index in [9.17, 15) is 9.59 Å². The van der Waals surface area contributed by atoms with Gasteiger partial charge in [-0.1, -0.05) is 29.3 Å². The van der Waals surface area contributed by atoms with Crippen LogP contribution in [0.3, 0.4) is 0 Å². The molecule has 0 radical (unpaired) electrons. The van der Waals surface area contributed by atoms with Gasteiger partial charge in [0.05, 0.1) is 28.0 Å². The van der Waals surface area contributed by atoms with Gasteiger partial charge in [0.15, 0.2) is 0 Å². The molecule has 0 atom stereocenters. The Morgan fingerprint density at radius 2 is 1.63 bits per heavy atom. The zero-order chi connectivity index (χ0) is 28.9. The van der Waals surface area contributed by atoms with E-state index < -0.39 is 5.41 Å². The summed E-state index contributed by atoms with van der Waals surface area (Å²) >= 11 is 12.8. The van der Waals surface area contributed by atoms with Crippen molar-refractivity contribution in [2.45, 2.75) is 40.2 Å². The average Bonchev–Trinajstić information content (AvgIpc) is 3.00. The van der Waals surface area contributed by atoms with E-state index in [4.69, 9.17) is 27.9 Å². The molecule has 3 heterocycles. The summed E-state index contributed by atoms with van der Waals surface area (Å²) in [6, 6.07) is 9.54. The number of halogens is 5. The molecule has 3 aromatic rings. The SMILES string of the molecule is CCN1C(=O)C(C)(C)C(=O)N(C)c2cc(OCCCN(CCc3cccnc3)Cc3c(Cl)cncc3Cl)ccc21.Cl.Cl.Cl. The van der Waals surface area contributed by atoms with Crippen LogP contribution in [0.2, 0.25) is 10.0 Å². The first-order chi connectivity index (χ1) is 19.1. The smallest absolute Gasteiger partial charge is 0.242 e. The van der Waals surface area contributed by atoms with Crippen molar-refractivity contribution in [3.05, 3.63) is 76.3 Å². The molecule has 0 aliphatic carbocycles. The normalized spacial score (nSPS) is 13.8. The standard InChI is InChI=1S/C30H35Cl2N5O3.3ClH/c1-5-37-26-10-9-22(16-27(26)35(4)28(38)30(2,3)29(37)39)40-15-7-13-36(14-11-21-8-6-12-33-17-21)20-23-24(31)18-34-19-25(23)32;;;/h6,8-10,12,16-19H,5,7,11,13-15,20H2,1-4H3;3*1H. The quantitative estimate of drug-likeness (QED) is 0.160. The van der Waals surface area contributed by atoms with Gasteiger partial charge >= 0.3 is 0 Å². The van der Waals surface area contributed by atoms with Crippen LogP contribution in [0.5, 0.6) is 5.75 Å². The molecular weight excluding hydrogens is 656 g/mol. The lowest BCUT2D eigenvalue weighted by Crippen LogP contribution is -2.47. The summed E-state index contributed by atoms with van der Waals surface area (Å²) < 4.78 is 6.11. The fourth-order valence-corrected chi connectivity index (χ4v) is 5.35. The number of rotatable bonds is 11.